The van der Waals surface area contributed by atoms with Crippen molar-refractivity contribution in [2.75, 3.05) is 0 Å². The minimum absolute atomic E-state index is 0.880. The molecule has 0 aliphatic rings. The minimum Gasteiger partial charge on any atom is -0.456 e. The topological polar surface area (TPSA) is 129 Å². The lowest BCUT2D eigenvalue weighted by Crippen LogP contribution is -1.89. The largest absolute Gasteiger partial charge is 0.456 e. The summed E-state index contributed by atoms with van der Waals surface area (Å²) in [5.41, 5.74) is 11.2. The fraction of sp³-hybridized carbons (Fsp3) is 0. The molecule has 0 aliphatic carbocycles. The van der Waals surface area contributed by atoms with Crippen LogP contribution in [0.5, 0.6) is 0 Å². The van der Waals surface area contributed by atoms with Gasteiger partial charge in [-0.2, -0.15) is 0 Å². The highest BCUT2D eigenvalue weighted by Crippen LogP contribution is 2.48. The first-order valence-electron chi connectivity index (χ1n) is 38.7. The van der Waals surface area contributed by atoms with E-state index in [4.69, 9.17) is 48.7 Å². The van der Waals surface area contributed by atoms with E-state index in [2.05, 4.69) is 261 Å². The van der Waals surface area contributed by atoms with Crippen LogP contribution in [0, 0.1) is 0 Å². The Labute approximate surface area is 665 Å². The summed E-state index contributed by atoms with van der Waals surface area (Å²) in [4.78, 5) is 38.1. The molecule has 116 heavy (non-hydrogen) atoms. The van der Waals surface area contributed by atoms with E-state index < -0.39 is 0 Å². The molecule has 8 aromatic heterocycles. The standard InChI is InChI=1S/2C26H14N2O.2C26H14N2S/c1-2-6-16-15(5-1)9-10-18-19-14-23-20(17-7-3-4-8-22(17)29-23)13-21(19)25-26(24(16)18)28-12-11-27-25;1-2-6-16-15(5-1)9-10-18-19-13-20-17-7-3-4-8-22(17)29-23(20)14-21(19)25-26(24(16)18)28-12-11-27-25;1-2-6-16-15(5-1)9-10-18-19-14-23-20(17-7-3-4-8-22(17)29-23)13-21(19)25-26(24(16)18)28-12-11-27-25;1-2-6-16-15(5-1)9-10-18-19-13-20-17-7-3-4-8-22(17)29-23(20)14-21(19)25-26(24(16)18)28-12-11-27-25/h4*1-14H. The van der Waals surface area contributed by atoms with E-state index in [0.717, 1.165) is 115 Å². The lowest BCUT2D eigenvalue weighted by Gasteiger charge is -2.11. The second-order valence-electron chi connectivity index (χ2n) is 29.8. The second kappa shape index (κ2) is 25.2. The van der Waals surface area contributed by atoms with Crippen LogP contribution in [0.25, 0.3) is 258 Å². The van der Waals surface area contributed by atoms with E-state index in [9.17, 15) is 0 Å². The third-order valence-electron chi connectivity index (χ3n) is 23.7. The second-order valence-corrected chi connectivity index (χ2v) is 32.0. The molecule has 20 aromatic carbocycles. The fourth-order valence-corrected chi connectivity index (χ4v) is 20.9. The molecule has 0 saturated heterocycles. The molecule has 0 fully saturated rings. The van der Waals surface area contributed by atoms with Crippen molar-refractivity contribution in [1.82, 2.24) is 39.9 Å². The predicted octanol–water partition coefficient (Wildman–Crippen LogP) is 28.9. The first-order valence-corrected chi connectivity index (χ1v) is 40.3. The van der Waals surface area contributed by atoms with Gasteiger partial charge < -0.3 is 8.83 Å². The van der Waals surface area contributed by atoms with E-state index in [0.29, 0.717) is 0 Å². The summed E-state index contributed by atoms with van der Waals surface area (Å²) >= 11 is 3.70. The number of furan rings is 2. The van der Waals surface area contributed by atoms with Gasteiger partial charge in [0, 0.05) is 155 Å². The summed E-state index contributed by atoms with van der Waals surface area (Å²) in [5, 5.41) is 38.4. The monoisotopic (exact) mass is 1510 g/mol. The number of fused-ring (bicyclic) bond motifs is 44. The molecule has 0 amide bonds. The average Bonchev–Trinajstić information content (AvgIpc) is 1.23. The van der Waals surface area contributed by atoms with E-state index >= 15 is 0 Å². The molecule has 536 valence electrons. The van der Waals surface area contributed by atoms with Crippen molar-refractivity contribution in [3.05, 3.63) is 341 Å². The molecular formula is C104H56N8O2S2. The van der Waals surface area contributed by atoms with Gasteiger partial charge in [-0.15, -0.1) is 22.7 Å². The molecule has 0 saturated carbocycles. The van der Waals surface area contributed by atoms with Crippen LogP contribution < -0.4 is 0 Å². The maximum atomic E-state index is 6.17. The molecule has 0 N–H and O–H groups in total. The van der Waals surface area contributed by atoms with Crippen molar-refractivity contribution in [2.45, 2.75) is 0 Å². The molecule has 0 atom stereocenters. The van der Waals surface area contributed by atoms with Crippen LogP contribution in [-0.2, 0) is 0 Å². The van der Waals surface area contributed by atoms with Gasteiger partial charge in [-0.25, -0.2) is 0 Å². The molecule has 28 aromatic rings. The van der Waals surface area contributed by atoms with E-state index in [1.165, 1.54) is 143 Å². The van der Waals surface area contributed by atoms with Crippen molar-refractivity contribution >= 4 is 280 Å². The first kappa shape index (κ1) is 64.6. The van der Waals surface area contributed by atoms with E-state index in [1.807, 2.05) is 53.0 Å². The molecule has 10 nitrogen and oxygen atoms in total. The Balaban J connectivity index is 0.0000000866. The number of para-hydroxylation sites is 2. The van der Waals surface area contributed by atoms with Crippen LogP contribution in [0.2, 0.25) is 0 Å². The molecule has 0 aliphatic heterocycles. The Hall–Kier alpha value is -15.1. The predicted molar refractivity (Wildman–Crippen MR) is 489 cm³/mol. The number of rotatable bonds is 0. The third-order valence-corrected chi connectivity index (χ3v) is 26.0. The summed E-state index contributed by atoms with van der Waals surface area (Å²) in [7, 11) is 0. The highest BCUT2D eigenvalue weighted by molar-refractivity contribution is 7.26. The summed E-state index contributed by atoms with van der Waals surface area (Å²) in [6.07, 6.45) is 14.3. The van der Waals surface area contributed by atoms with Crippen molar-refractivity contribution in [2.24, 2.45) is 0 Å². The lowest BCUT2D eigenvalue weighted by molar-refractivity contribution is 0.669. The van der Waals surface area contributed by atoms with Crippen molar-refractivity contribution in [3.8, 4) is 0 Å². The molecule has 12 heteroatoms. The number of thiophene rings is 2. The molecule has 0 spiro atoms. The van der Waals surface area contributed by atoms with Gasteiger partial charge in [0.05, 0.1) is 44.1 Å². The highest BCUT2D eigenvalue weighted by Gasteiger charge is 2.22. The van der Waals surface area contributed by atoms with Gasteiger partial charge in [0.15, 0.2) is 0 Å². The smallest absolute Gasteiger partial charge is 0.136 e. The summed E-state index contributed by atoms with van der Waals surface area (Å²) < 4.78 is 17.6. The van der Waals surface area contributed by atoms with Gasteiger partial charge in [-0.1, -0.05) is 218 Å². The van der Waals surface area contributed by atoms with Crippen LogP contribution in [0.4, 0.5) is 0 Å². The van der Waals surface area contributed by atoms with E-state index in [-0.39, 0.29) is 0 Å². The van der Waals surface area contributed by atoms with Gasteiger partial charge >= 0.3 is 0 Å². The number of aromatic nitrogens is 8. The maximum absolute atomic E-state index is 6.17. The van der Waals surface area contributed by atoms with Gasteiger partial charge in [0.1, 0.15) is 22.3 Å². The zero-order valence-corrected chi connectivity index (χ0v) is 63.2. The Morgan fingerprint density at radius 2 is 0.414 bits per heavy atom. The molecule has 8 heterocycles. The Morgan fingerprint density at radius 1 is 0.155 bits per heavy atom. The van der Waals surface area contributed by atoms with Crippen LogP contribution in [0.15, 0.2) is 350 Å². The van der Waals surface area contributed by atoms with Crippen molar-refractivity contribution in [1.29, 1.82) is 0 Å². The number of benzene rings is 20. The number of nitrogens with zero attached hydrogens (tertiary/aromatic N) is 8. The molecule has 28 rings (SSSR count). The minimum atomic E-state index is 0.880. The average molecular weight is 1510 g/mol. The number of hydrogen-bond acceptors (Lipinski definition) is 12. The summed E-state index contributed by atoms with van der Waals surface area (Å²) in [5.74, 6) is 0. The number of hydrogen-bond donors (Lipinski definition) is 0. The quantitative estimate of drug-likeness (QED) is 0.135. The SMILES string of the molecule is c1ccc2c(c1)ccc1c3cc4c(cc3c3nccnc3c21)oc1ccccc14.c1ccc2c(c1)ccc1c3cc4c(cc3c3nccnc3c21)sc1ccccc14.c1ccc2c(c1)ccc1c3cc4oc5ccccc5c4cc3c3nccnc3c21.c1ccc2c(c1)ccc1c3cc4sc5ccccc5c4cc3c3nccnc3c21. The Morgan fingerprint density at radius 3 is 0.802 bits per heavy atom. The molecule has 0 unspecified atom stereocenters. The van der Waals surface area contributed by atoms with Crippen LogP contribution in [0.1, 0.15) is 0 Å². The van der Waals surface area contributed by atoms with Crippen LogP contribution >= 0.6 is 22.7 Å². The van der Waals surface area contributed by atoms with Crippen molar-refractivity contribution in [3.63, 3.8) is 0 Å². The first-order chi connectivity index (χ1) is 57.5. The Bertz CT molecular complexity index is 8630. The Kier molecular flexibility index (Phi) is 14.0. The van der Waals surface area contributed by atoms with Gasteiger partial charge in [0.2, 0.25) is 0 Å². The van der Waals surface area contributed by atoms with Crippen LogP contribution in [-0.4, -0.2) is 39.9 Å². The normalized spacial score (nSPS) is 12.1. The summed E-state index contributed by atoms with van der Waals surface area (Å²) in [6, 6.07) is 103. The zero-order valence-electron chi connectivity index (χ0n) is 61.5. The third kappa shape index (κ3) is 9.69. The molecule has 0 radical (unpaired) electrons. The van der Waals surface area contributed by atoms with Gasteiger partial charge in [-0.3, -0.25) is 39.9 Å². The van der Waals surface area contributed by atoms with E-state index in [1.54, 1.807) is 49.6 Å². The lowest BCUT2D eigenvalue weighted by atomic mass is 9.94. The maximum Gasteiger partial charge on any atom is 0.136 e. The molecular weight excluding hydrogens is 1460 g/mol. The summed E-state index contributed by atoms with van der Waals surface area (Å²) in [6.45, 7) is 0. The highest BCUT2D eigenvalue weighted by atomic mass is 32.1. The fourth-order valence-electron chi connectivity index (χ4n) is 18.6. The van der Waals surface area contributed by atoms with Gasteiger partial charge in [0.25, 0.3) is 0 Å². The van der Waals surface area contributed by atoms with Gasteiger partial charge in [-0.05, 0) is 159 Å². The van der Waals surface area contributed by atoms with Crippen molar-refractivity contribution < 1.29 is 8.83 Å². The van der Waals surface area contributed by atoms with Crippen LogP contribution in [0.3, 0.4) is 0 Å². The zero-order chi connectivity index (χ0) is 75.8. The molecule has 0 bridgehead atoms.